The van der Waals surface area contributed by atoms with E-state index in [1.54, 1.807) is 13.2 Å². The van der Waals surface area contributed by atoms with Crippen molar-refractivity contribution in [2.45, 2.75) is 25.3 Å². The van der Waals surface area contributed by atoms with Crippen molar-refractivity contribution in [3.63, 3.8) is 0 Å². The van der Waals surface area contributed by atoms with Crippen molar-refractivity contribution < 1.29 is 18.7 Å². The zero-order chi connectivity index (χ0) is 19.7. The molecule has 0 aliphatic carbocycles. The lowest BCUT2D eigenvalue weighted by molar-refractivity contribution is -0.126. The van der Waals surface area contributed by atoms with Gasteiger partial charge in [0.25, 0.3) is 0 Å². The number of furan rings is 1. The molecule has 7 heteroatoms. The van der Waals surface area contributed by atoms with Gasteiger partial charge in [0.1, 0.15) is 16.9 Å². The van der Waals surface area contributed by atoms with Crippen LogP contribution in [0.25, 0.3) is 21.9 Å². The van der Waals surface area contributed by atoms with Gasteiger partial charge in [0, 0.05) is 16.8 Å². The first-order chi connectivity index (χ1) is 13.6. The number of primary amides is 1. The van der Waals surface area contributed by atoms with E-state index in [1.165, 1.54) is 0 Å². The number of ether oxygens (including phenoxy) is 1. The number of piperidine rings is 1. The maximum atomic E-state index is 12.6. The van der Waals surface area contributed by atoms with Crippen LogP contribution in [-0.2, 0) is 9.59 Å². The van der Waals surface area contributed by atoms with Gasteiger partial charge in [0.05, 0.1) is 25.4 Å². The first-order valence-electron chi connectivity index (χ1n) is 9.39. The molecular formula is C21H23N3O4. The van der Waals surface area contributed by atoms with Crippen LogP contribution in [-0.4, -0.2) is 43.0 Å². The molecule has 1 saturated heterocycles. The fourth-order valence-corrected chi connectivity index (χ4v) is 3.89. The molecule has 0 saturated carbocycles. The normalized spacial score (nSPS) is 17.7. The number of fused-ring (bicyclic) bond motifs is 3. The van der Waals surface area contributed by atoms with E-state index in [0.29, 0.717) is 30.0 Å². The third-order valence-corrected chi connectivity index (χ3v) is 5.26. The summed E-state index contributed by atoms with van der Waals surface area (Å²) < 4.78 is 11.4. The number of carbonyl (C=O) groups is 2. The van der Waals surface area contributed by atoms with Gasteiger partial charge in [-0.3, -0.25) is 14.5 Å². The first kappa shape index (κ1) is 18.3. The van der Waals surface area contributed by atoms with Crippen LogP contribution in [0.2, 0.25) is 0 Å². The van der Waals surface area contributed by atoms with Crippen LogP contribution in [0, 0.1) is 0 Å². The van der Waals surface area contributed by atoms with Gasteiger partial charge in [-0.1, -0.05) is 24.6 Å². The van der Waals surface area contributed by atoms with E-state index in [2.05, 4.69) is 5.32 Å². The highest BCUT2D eigenvalue weighted by molar-refractivity contribution is 6.07. The van der Waals surface area contributed by atoms with Gasteiger partial charge in [-0.25, -0.2) is 0 Å². The third-order valence-electron chi connectivity index (χ3n) is 5.26. The standard InChI is InChI=1S/C21H23N3O4/c1-27-19-10-14-13-6-2-3-8-17(13)28-18(14)11-15(19)23-20(25)12-24-9-5-4-7-16(24)21(22)26/h2-3,6,8,10-11,16H,4-5,7,9,12H2,1H3,(H2,22,26)(H,23,25)/t16-/m0/s1. The summed E-state index contributed by atoms with van der Waals surface area (Å²) in [5.74, 6) is -0.0480. The van der Waals surface area contributed by atoms with Crippen molar-refractivity contribution in [1.82, 2.24) is 4.90 Å². The average Bonchev–Trinajstić information content (AvgIpc) is 3.04. The highest BCUT2D eigenvalue weighted by Crippen LogP contribution is 2.36. The minimum absolute atomic E-state index is 0.106. The summed E-state index contributed by atoms with van der Waals surface area (Å²) in [5.41, 5.74) is 7.47. The van der Waals surface area contributed by atoms with Crippen molar-refractivity contribution in [3.8, 4) is 5.75 Å². The monoisotopic (exact) mass is 381 g/mol. The molecule has 2 amide bonds. The number of para-hydroxylation sites is 1. The van der Waals surface area contributed by atoms with Crippen molar-refractivity contribution >= 4 is 39.4 Å². The van der Waals surface area contributed by atoms with Gasteiger partial charge in [0.15, 0.2) is 0 Å². The van der Waals surface area contributed by atoms with E-state index >= 15 is 0 Å². The van der Waals surface area contributed by atoms with Gasteiger partial charge in [-0.15, -0.1) is 0 Å². The molecule has 0 bridgehead atoms. The zero-order valence-corrected chi connectivity index (χ0v) is 15.7. The third kappa shape index (κ3) is 3.41. The van der Waals surface area contributed by atoms with Gasteiger partial charge < -0.3 is 20.2 Å². The highest BCUT2D eigenvalue weighted by Gasteiger charge is 2.28. The number of nitrogens with two attached hydrogens (primary N) is 1. The molecule has 3 aromatic rings. The summed E-state index contributed by atoms with van der Waals surface area (Å²) in [6.45, 7) is 0.787. The number of rotatable bonds is 5. The number of nitrogens with zero attached hydrogens (tertiary/aromatic N) is 1. The Morgan fingerprint density at radius 2 is 2.04 bits per heavy atom. The van der Waals surface area contributed by atoms with E-state index in [4.69, 9.17) is 14.9 Å². The number of methoxy groups -OCH3 is 1. The maximum absolute atomic E-state index is 12.6. The molecule has 2 aromatic carbocycles. The van der Waals surface area contributed by atoms with Crippen LogP contribution in [0.3, 0.4) is 0 Å². The largest absolute Gasteiger partial charge is 0.495 e. The highest BCUT2D eigenvalue weighted by atomic mass is 16.5. The lowest BCUT2D eigenvalue weighted by atomic mass is 10.0. The minimum atomic E-state index is -0.390. The second kappa shape index (κ2) is 7.52. The average molecular weight is 381 g/mol. The molecule has 28 heavy (non-hydrogen) atoms. The van der Waals surface area contributed by atoms with Crippen molar-refractivity contribution in [3.05, 3.63) is 36.4 Å². The molecule has 1 aliphatic heterocycles. The molecule has 3 N–H and O–H groups in total. The predicted octanol–water partition coefficient (Wildman–Crippen LogP) is 2.87. The van der Waals surface area contributed by atoms with Gasteiger partial charge >= 0.3 is 0 Å². The Balaban J connectivity index is 1.58. The Kier molecular flexibility index (Phi) is 4.92. The Labute approximate surface area is 162 Å². The predicted molar refractivity (Wildman–Crippen MR) is 107 cm³/mol. The van der Waals surface area contributed by atoms with Crippen molar-refractivity contribution in [2.24, 2.45) is 5.73 Å². The minimum Gasteiger partial charge on any atom is -0.495 e. The second-order valence-corrected chi connectivity index (χ2v) is 7.08. The van der Waals surface area contributed by atoms with Crippen LogP contribution in [0.15, 0.2) is 40.8 Å². The van der Waals surface area contributed by atoms with Crippen LogP contribution < -0.4 is 15.8 Å². The molecule has 146 valence electrons. The number of nitrogens with one attached hydrogen (secondary N) is 1. The molecule has 0 radical (unpaired) electrons. The molecule has 7 nitrogen and oxygen atoms in total. The Morgan fingerprint density at radius 3 is 2.82 bits per heavy atom. The Bertz CT molecular complexity index is 1040. The number of carbonyl (C=O) groups excluding carboxylic acids is 2. The summed E-state index contributed by atoms with van der Waals surface area (Å²) in [6, 6.07) is 11.0. The quantitative estimate of drug-likeness (QED) is 0.708. The summed E-state index contributed by atoms with van der Waals surface area (Å²) in [7, 11) is 1.56. The van der Waals surface area contributed by atoms with E-state index in [9.17, 15) is 9.59 Å². The molecule has 1 aromatic heterocycles. The van der Waals surface area contributed by atoms with E-state index in [0.717, 1.165) is 29.2 Å². The van der Waals surface area contributed by atoms with Crippen LogP contribution in [0.1, 0.15) is 19.3 Å². The number of amides is 2. The number of anilines is 1. The van der Waals surface area contributed by atoms with Crippen LogP contribution in [0.5, 0.6) is 5.75 Å². The molecule has 2 heterocycles. The molecule has 0 spiro atoms. The van der Waals surface area contributed by atoms with E-state index in [1.807, 2.05) is 35.2 Å². The lowest BCUT2D eigenvalue weighted by Gasteiger charge is -2.32. The van der Waals surface area contributed by atoms with Crippen LogP contribution >= 0.6 is 0 Å². The summed E-state index contributed by atoms with van der Waals surface area (Å²) in [5, 5.41) is 4.81. The Morgan fingerprint density at radius 1 is 1.21 bits per heavy atom. The molecule has 1 atom stereocenters. The fourth-order valence-electron chi connectivity index (χ4n) is 3.89. The van der Waals surface area contributed by atoms with E-state index in [-0.39, 0.29) is 24.4 Å². The second-order valence-electron chi connectivity index (χ2n) is 7.08. The summed E-state index contributed by atoms with van der Waals surface area (Å²) in [6.07, 6.45) is 2.59. The van der Waals surface area contributed by atoms with E-state index < -0.39 is 0 Å². The van der Waals surface area contributed by atoms with Crippen LogP contribution in [0.4, 0.5) is 5.69 Å². The SMILES string of the molecule is COc1cc2c(cc1NC(=O)CN1CCCC[C@H]1C(N)=O)oc1ccccc12. The number of hydrogen-bond donors (Lipinski definition) is 2. The molecular weight excluding hydrogens is 358 g/mol. The van der Waals surface area contributed by atoms with Gasteiger partial charge in [-0.2, -0.15) is 0 Å². The number of benzene rings is 2. The smallest absolute Gasteiger partial charge is 0.238 e. The number of likely N-dealkylation sites (tertiary alicyclic amines) is 1. The fraction of sp³-hybridized carbons (Fsp3) is 0.333. The first-order valence-corrected chi connectivity index (χ1v) is 9.39. The zero-order valence-electron chi connectivity index (χ0n) is 15.7. The molecule has 1 fully saturated rings. The topological polar surface area (TPSA) is 97.8 Å². The molecule has 1 aliphatic rings. The summed E-state index contributed by atoms with van der Waals surface area (Å²) >= 11 is 0. The Hall–Kier alpha value is -3.06. The van der Waals surface area contributed by atoms with Gasteiger partial charge in [-0.05, 0) is 31.5 Å². The van der Waals surface area contributed by atoms with Crippen molar-refractivity contribution in [1.29, 1.82) is 0 Å². The summed E-state index contributed by atoms with van der Waals surface area (Å²) in [4.78, 5) is 26.1. The maximum Gasteiger partial charge on any atom is 0.238 e. The van der Waals surface area contributed by atoms with Crippen molar-refractivity contribution in [2.75, 3.05) is 25.5 Å². The lowest BCUT2D eigenvalue weighted by Crippen LogP contribution is -2.50. The van der Waals surface area contributed by atoms with Gasteiger partial charge in [0.2, 0.25) is 11.8 Å². The molecule has 4 rings (SSSR count). The molecule has 0 unspecified atom stereocenters. The number of hydrogen-bond acceptors (Lipinski definition) is 5.